The summed E-state index contributed by atoms with van der Waals surface area (Å²) in [4.78, 5) is 26.7. The highest BCUT2D eigenvalue weighted by Gasteiger charge is 2.34. The van der Waals surface area contributed by atoms with Gasteiger partial charge in [0.1, 0.15) is 19.0 Å². The van der Waals surface area contributed by atoms with Crippen LogP contribution in [0.3, 0.4) is 0 Å². The summed E-state index contributed by atoms with van der Waals surface area (Å²) in [7, 11) is 1.52. The molecule has 0 aliphatic carbocycles. The third kappa shape index (κ3) is 6.11. The van der Waals surface area contributed by atoms with E-state index in [-0.39, 0.29) is 30.9 Å². The molecule has 2 amide bonds. The highest BCUT2D eigenvalue weighted by atomic mass is 35.5. The lowest BCUT2D eigenvalue weighted by Gasteiger charge is -2.13. The van der Waals surface area contributed by atoms with Crippen LogP contribution >= 0.6 is 35.0 Å². The van der Waals surface area contributed by atoms with Gasteiger partial charge in [-0.05, 0) is 59.8 Å². The average Bonchev–Trinajstić information content (AvgIpc) is 3.12. The van der Waals surface area contributed by atoms with Crippen molar-refractivity contribution in [1.82, 2.24) is 4.90 Å². The van der Waals surface area contributed by atoms with Gasteiger partial charge < -0.3 is 14.2 Å². The van der Waals surface area contributed by atoms with Crippen molar-refractivity contribution < 1.29 is 23.8 Å². The highest BCUT2D eigenvalue weighted by molar-refractivity contribution is 8.18. The predicted octanol–water partition coefficient (Wildman–Crippen LogP) is 6.70. The second-order valence-corrected chi connectivity index (χ2v) is 9.20. The normalized spacial score (nSPS) is 14.5. The number of para-hydroxylation sites is 1. The van der Waals surface area contributed by atoms with E-state index >= 15 is 0 Å². The van der Waals surface area contributed by atoms with Crippen molar-refractivity contribution >= 4 is 52.2 Å². The fourth-order valence-corrected chi connectivity index (χ4v) is 4.70. The lowest BCUT2D eigenvalue weighted by Crippen LogP contribution is -2.32. The lowest BCUT2D eigenvalue weighted by molar-refractivity contribution is -0.123. The molecule has 0 spiro atoms. The Morgan fingerprint density at radius 3 is 2.37 bits per heavy atom. The van der Waals surface area contributed by atoms with E-state index in [2.05, 4.69) is 0 Å². The van der Waals surface area contributed by atoms with Crippen LogP contribution in [0.1, 0.15) is 11.1 Å². The van der Waals surface area contributed by atoms with Crippen molar-refractivity contribution in [3.8, 4) is 17.2 Å². The standard InChI is InChI=1S/C26H21Cl2NO5S/c1-32-23-14-17(10-11-22(23)34-16-19-20(27)8-5-9-21(19)28)15-24-25(30)29(26(31)35-24)12-13-33-18-6-3-2-4-7-18/h2-11,14-15H,12-13,16H2,1H3/b24-15-. The number of nitrogens with zero attached hydrogens (tertiary/aromatic N) is 1. The van der Waals surface area contributed by atoms with Gasteiger partial charge in [0.15, 0.2) is 11.5 Å². The Morgan fingerprint density at radius 1 is 0.914 bits per heavy atom. The molecule has 0 aromatic heterocycles. The second-order valence-electron chi connectivity index (χ2n) is 7.39. The highest BCUT2D eigenvalue weighted by Crippen LogP contribution is 2.35. The minimum atomic E-state index is -0.357. The maximum atomic E-state index is 12.8. The van der Waals surface area contributed by atoms with Gasteiger partial charge in [-0.25, -0.2) is 0 Å². The number of methoxy groups -OCH3 is 1. The molecular weight excluding hydrogens is 509 g/mol. The smallest absolute Gasteiger partial charge is 0.293 e. The molecule has 1 heterocycles. The Bertz CT molecular complexity index is 1250. The van der Waals surface area contributed by atoms with Gasteiger partial charge in [-0.2, -0.15) is 0 Å². The van der Waals surface area contributed by atoms with Crippen LogP contribution in [0, 0.1) is 0 Å². The lowest BCUT2D eigenvalue weighted by atomic mass is 10.1. The molecule has 35 heavy (non-hydrogen) atoms. The zero-order valence-electron chi connectivity index (χ0n) is 18.7. The SMILES string of the molecule is COc1cc(/C=C2\SC(=O)N(CCOc3ccccc3)C2=O)ccc1OCc1c(Cl)cccc1Cl. The first-order valence-electron chi connectivity index (χ1n) is 10.6. The maximum absolute atomic E-state index is 12.8. The van der Waals surface area contributed by atoms with Crippen LogP contribution in [0.4, 0.5) is 4.79 Å². The van der Waals surface area contributed by atoms with E-state index in [1.54, 1.807) is 42.5 Å². The molecule has 9 heteroatoms. The molecule has 1 saturated heterocycles. The monoisotopic (exact) mass is 529 g/mol. The van der Waals surface area contributed by atoms with Crippen molar-refractivity contribution in [2.24, 2.45) is 0 Å². The van der Waals surface area contributed by atoms with Crippen LogP contribution in [0.25, 0.3) is 6.08 Å². The summed E-state index contributed by atoms with van der Waals surface area (Å²) in [5.74, 6) is 1.29. The van der Waals surface area contributed by atoms with Crippen molar-refractivity contribution in [2.75, 3.05) is 20.3 Å². The number of halogens is 2. The average molecular weight is 530 g/mol. The van der Waals surface area contributed by atoms with Crippen molar-refractivity contribution in [3.63, 3.8) is 0 Å². The number of hydrogen-bond acceptors (Lipinski definition) is 6. The molecular formula is C26H21Cl2NO5S. The number of amides is 2. The maximum Gasteiger partial charge on any atom is 0.293 e. The van der Waals surface area contributed by atoms with E-state index in [1.807, 2.05) is 30.3 Å². The van der Waals surface area contributed by atoms with E-state index in [4.69, 9.17) is 37.4 Å². The molecule has 180 valence electrons. The van der Waals surface area contributed by atoms with Crippen LogP contribution in [0.5, 0.6) is 17.2 Å². The largest absolute Gasteiger partial charge is 0.493 e. The molecule has 0 unspecified atom stereocenters. The Labute approximate surface area is 217 Å². The molecule has 0 bridgehead atoms. The molecule has 1 fully saturated rings. The summed E-state index contributed by atoms with van der Waals surface area (Å²) in [5, 5.41) is 0.692. The number of imide groups is 1. The summed E-state index contributed by atoms with van der Waals surface area (Å²) in [6.45, 7) is 0.542. The Kier molecular flexibility index (Phi) is 8.23. The van der Waals surface area contributed by atoms with Crippen LogP contribution in [-0.2, 0) is 11.4 Å². The number of rotatable bonds is 9. The van der Waals surface area contributed by atoms with Gasteiger partial charge in [0.25, 0.3) is 11.1 Å². The minimum Gasteiger partial charge on any atom is -0.493 e. The summed E-state index contributed by atoms with van der Waals surface area (Å²) < 4.78 is 16.9. The number of hydrogen-bond donors (Lipinski definition) is 0. The van der Waals surface area contributed by atoms with Gasteiger partial charge in [0.2, 0.25) is 0 Å². The zero-order valence-corrected chi connectivity index (χ0v) is 21.0. The third-order valence-corrected chi connectivity index (χ3v) is 6.74. The Balaban J connectivity index is 1.42. The predicted molar refractivity (Wildman–Crippen MR) is 138 cm³/mol. The summed E-state index contributed by atoms with van der Waals surface area (Å²) in [5.41, 5.74) is 1.36. The number of benzene rings is 3. The number of thioether (sulfide) groups is 1. The quantitative estimate of drug-likeness (QED) is 0.287. The summed E-state index contributed by atoms with van der Waals surface area (Å²) in [6.07, 6.45) is 1.65. The van der Waals surface area contributed by atoms with Crippen LogP contribution in [0.2, 0.25) is 10.0 Å². The van der Waals surface area contributed by atoms with Gasteiger partial charge >= 0.3 is 0 Å². The molecule has 3 aromatic rings. The van der Waals surface area contributed by atoms with Crippen molar-refractivity contribution in [2.45, 2.75) is 6.61 Å². The molecule has 0 atom stereocenters. The first kappa shape index (κ1) is 25.0. The first-order valence-corrected chi connectivity index (χ1v) is 12.2. The van der Waals surface area contributed by atoms with Gasteiger partial charge in [-0.3, -0.25) is 14.5 Å². The van der Waals surface area contributed by atoms with Crippen molar-refractivity contribution in [3.05, 3.63) is 92.8 Å². The van der Waals surface area contributed by atoms with Gasteiger partial charge in [-0.1, -0.05) is 53.5 Å². The van der Waals surface area contributed by atoms with Crippen LogP contribution < -0.4 is 14.2 Å². The fourth-order valence-electron chi connectivity index (χ4n) is 3.33. The van der Waals surface area contributed by atoms with Gasteiger partial charge in [-0.15, -0.1) is 0 Å². The van der Waals surface area contributed by atoms with Crippen LogP contribution in [0.15, 0.2) is 71.6 Å². The number of carbonyl (C=O) groups is 2. The van der Waals surface area contributed by atoms with Crippen LogP contribution in [-0.4, -0.2) is 36.3 Å². The Morgan fingerprint density at radius 2 is 1.66 bits per heavy atom. The Hall–Kier alpha value is -3.13. The molecule has 1 aliphatic heterocycles. The van der Waals surface area contributed by atoms with Gasteiger partial charge in [0, 0.05) is 15.6 Å². The fraction of sp³-hybridized carbons (Fsp3) is 0.154. The zero-order chi connectivity index (χ0) is 24.8. The molecule has 0 saturated carbocycles. The summed E-state index contributed by atoms with van der Waals surface area (Å²) in [6, 6.07) is 19.7. The van der Waals surface area contributed by atoms with E-state index in [0.717, 1.165) is 11.8 Å². The number of carbonyl (C=O) groups excluding carboxylic acids is 2. The molecule has 3 aromatic carbocycles. The molecule has 0 N–H and O–H groups in total. The molecule has 1 aliphatic rings. The number of ether oxygens (including phenoxy) is 3. The first-order chi connectivity index (χ1) is 17.0. The topological polar surface area (TPSA) is 65.1 Å². The molecule has 6 nitrogen and oxygen atoms in total. The van der Waals surface area contributed by atoms with Crippen molar-refractivity contribution in [1.29, 1.82) is 0 Å². The molecule has 0 radical (unpaired) electrons. The van der Waals surface area contributed by atoms with Gasteiger partial charge in [0.05, 0.1) is 18.6 Å². The van der Waals surface area contributed by atoms with E-state index in [0.29, 0.717) is 43.3 Å². The summed E-state index contributed by atoms with van der Waals surface area (Å²) >= 11 is 13.3. The third-order valence-electron chi connectivity index (χ3n) is 5.12. The molecule has 4 rings (SSSR count). The van der Waals surface area contributed by atoms with E-state index in [1.165, 1.54) is 12.0 Å². The minimum absolute atomic E-state index is 0.164. The second kappa shape index (κ2) is 11.5. The van der Waals surface area contributed by atoms with E-state index < -0.39 is 0 Å². The van der Waals surface area contributed by atoms with E-state index in [9.17, 15) is 9.59 Å².